The van der Waals surface area contributed by atoms with Gasteiger partial charge in [-0.2, -0.15) is 0 Å². The van der Waals surface area contributed by atoms with Gasteiger partial charge < -0.3 is 24.8 Å². The van der Waals surface area contributed by atoms with E-state index in [4.69, 9.17) is 9.47 Å². The maximum atomic E-state index is 14.6. The summed E-state index contributed by atoms with van der Waals surface area (Å²) >= 11 is 0. The molecule has 3 N–H and O–H groups in total. The molecule has 0 saturated heterocycles. The Morgan fingerprint density at radius 1 is 1.22 bits per heavy atom. The second kappa shape index (κ2) is 8.48. The fourth-order valence-electron chi connectivity index (χ4n) is 7.64. The molecule has 8 heteroatoms. The molecule has 0 aromatic rings. The number of allylic oxidation sites excluding steroid dienone is 1. The van der Waals surface area contributed by atoms with Crippen LogP contribution in [0.1, 0.15) is 74.7 Å². The Kier molecular flexibility index (Phi) is 6.42. The van der Waals surface area contributed by atoms with Gasteiger partial charge >= 0.3 is 11.9 Å². The number of fused-ring (bicyclic) bond motifs is 3. The molecule has 4 rings (SSSR count). The van der Waals surface area contributed by atoms with Crippen molar-refractivity contribution in [1.29, 1.82) is 0 Å². The standard InChI is InChI=1S/C29H42O8/c1-9-10-19(31)37-28-13-16(3)27-12-15(2)23(36-24(34)25(4,5)6)29(27,35)21(32)17(14-30)11-18(22(27)33)20(28)26(28,7)8/h11-12,16,18,20-21,23,30,32,35H,9-10,13-14H2,1-8H3/t16?,18-,20+,21+,23-,27?,28-,29-/m0/s1. The number of carbonyl (C=O) groups is 3. The lowest BCUT2D eigenvalue weighted by molar-refractivity contribution is -0.208. The van der Waals surface area contributed by atoms with Gasteiger partial charge in [-0.05, 0) is 57.6 Å². The lowest BCUT2D eigenvalue weighted by atomic mass is 9.59. The Bertz CT molecular complexity index is 1080. The summed E-state index contributed by atoms with van der Waals surface area (Å²) in [5, 5.41) is 34.4. The summed E-state index contributed by atoms with van der Waals surface area (Å²) in [6.07, 6.45) is 1.44. The molecular formula is C29H42O8. The predicted molar refractivity (Wildman–Crippen MR) is 135 cm³/mol. The summed E-state index contributed by atoms with van der Waals surface area (Å²) in [5.74, 6) is -3.02. The zero-order chi connectivity index (χ0) is 27.9. The zero-order valence-electron chi connectivity index (χ0n) is 23.3. The fourth-order valence-corrected chi connectivity index (χ4v) is 7.64. The van der Waals surface area contributed by atoms with Crippen molar-refractivity contribution in [1.82, 2.24) is 0 Å². The van der Waals surface area contributed by atoms with Gasteiger partial charge in [-0.15, -0.1) is 0 Å². The molecule has 2 unspecified atom stereocenters. The molecule has 37 heavy (non-hydrogen) atoms. The fraction of sp³-hybridized carbons (Fsp3) is 0.759. The molecule has 4 aliphatic rings. The molecule has 0 amide bonds. The van der Waals surface area contributed by atoms with Crippen LogP contribution < -0.4 is 0 Å². The van der Waals surface area contributed by atoms with Crippen LogP contribution in [-0.4, -0.2) is 63.1 Å². The summed E-state index contributed by atoms with van der Waals surface area (Å²) in [6, 6.07) is 0. The molecule has 0 radical (unpaired) electrons. The van der Waals surface area contributed by atoms with Gasteiger partial charge in [-0.25, -0.2) is 0 Å². The quantitative estimate of drug-likeness (QED) is 0.374. The number of carbonyl (C=O) groups excluding carboxylic acids is 3. The van der Waals surface area contributed by atoms with Crippen LogP contribution in [0.4, 0.5) is 0 Å². The molecule has 206 valence electrons. The van der Waals surface area contributed by atoms with Crippen LogP contribution >= 0.6 is 0 Å². The molecule has 4 aliphatic carbocycles. The Hall–Kier alpha value is -2.03. The van der Waals surface area contributed by atoms with Crippen molar-refractivity contribution in [2.75, 3.05) is 6.61 Å². The van der Waals surface area contributed by atoms with Crippen LogP contribution in [0, 0.1) is 34.0 Å². The van der Waals surface area contributed by atoms with Crippen molar-refractivity contribution >= 4 is 17.7 Å². The SMILES string of the molecule is CCCC(=O)O[C@@]12CC(C)C34C=C(C)[C@H](OC(=O)C(C)(C)C)[C@@]3(O)[C@H](O)C(CO)=C[C@H](C4=O)[C@@H]1C2(C)C. The lowest BCUT2D eigenvalue weighted by Crippen LogP contribution is -2.66. The first-order chi connectivity index (χ1) is 17.0. The molecule has 2 fully saturated rings. The van der Waals surface area contributed by atoms with Crippen LogP contribution in [0.3, 0.4) is 0 Å². The summed E-state index contributed by atoms with van der Waals surface area (Å²) in [4.78, 5) is 40.3. The second-order valence-electron chi connectivity index (χ2n) is 13.2. The van der Waals surface area contributed by atoms with Crippen LogP contribution in [0.5, 0.6) is 0 Å². The summed E-state index contributed by atoms with van der Waals surface area (Å²) < 4.78 is 12.0. The largest absolute Gasteiger partial charge is 0.458 e. The Labute approximate surface area is 219 Å². The molecular weight excluding hydrogens is 476 g/mol. The van der Waals surface area contributed by atoms with Gasteiger partial charge in [0.15, 0.2) is 17.5 Å². The molecule has 2 saturated carbocycles. The van der Waals surface area contributed by atoms with E-state index in [0.717, 1.165) is 0 Å². The van der Waals surface area contributed by atoms with Crippen LogP contribution in [0.2, 0.25) is 0 Å². The highest BCUT2D eigenvalue weighted by Crippen LogP contribution is 2.75. The van der Waals surface area contributed by atoms with Crippen LogP contribution in [0.25, 0.3) is 0 Å². The third-order valence-electron chi connectivity index (χ3n) is 9.61. The van der Waals surface area contributed by atoms with Crippen molar-refractivity contribution in [3.05, 3.63) is 23.3 Å². The first-order valence-electron chi connectivity index (χ1n) is 13.4. The van der Waals surface area contributed by atoms with Gasteiger partial charge in [0.2, 0.25) is 0 Å². The van der Waals surface area contributed by atoms with Crippen molar-refractivity contribution in [2.45, 2.75) is 98.1 Å². The molecule has 8 nitrogen and oxygen atoms in total. The zero-order valence-corrected chi connectivity index (χ0v) is 23.3. The molecule has 1 spiro atoms. The topological polar surface area (TPSA) is 130 Å². The maximum absolute atomic E-state index is 14.6. The number of aliphatic hydroxyl groups is 3. The van der Waals surface area contributed by atoms with Crippen molar-refractivity contribution in [2.24, 2.45) is 34.0 Å². The average Bonchev–Trinajstić information content (AvgIpc) is 3.18. The Morgan fingerprint density at radius 2 is 1.84 bits per heavy atom. The number of aliphatic hydroxyl groups excluding tert-OH is 2. The van der Waals surface area contributed by atoms with E-state index in [1.807, 2.05) is 27.7 Å². The second-order valence-corrected chi connectivity index (χ2v) is 13.2. The number of hydrogen-bond donors (Lipinski definition) is 3. The van der Waals surface area contributed by atoms with E-state index in [1.54, 1.807) is 39.8 Å². The maximum Gasteiger partial charge on any atom is 0.311 e. The summed E-state index contributed by atoms with van der Waals surface area (Å²) in [7, 11) is 0. The minimum atomic E-state index is -2.24. The number of rotatable bonds is 5. The number of hydrogen-bond acceptors (Lipinski definition) is 8. The lowest BCUT2D eigenvalue weighted by Gasteiger charge is -2.49. The number of ketones is 1. The molecule has 0 aliphatic heterocycles. The highest BCUT2D eigenvalue weighted by atomic mass is 16.6. The predicted octanol–water partition coefficient (Wildman–Crippen LogP) is 2.88. The van der Waals surface area contributed by atoms with Gasteiger partial charge in [-0.1, -0.05) is 39.8 Å². The van der Waals surface area contributed by atoms with Crippen LogP contribution in [-0.2, 0) is 23.9 Å². The van der Waals surface area contributed by atoms with E-state index in [-0.39, 0.29) is 23.7 Å². The van der Waals surface area contributed by atoms with Gasteiger partial charge in [0.25, 0.3) is 0 Å². The van der Waals surface area contributed by atoms with Gasteiger partial charge in [-0.3, -0.25) is 14.4 Å². The highest BCUT2D eigenvalue weighted by Gasteiger charge is 2.83. The number of esters is 2. The van der Waals surface area contributed by atoms with E-state index < -0.39 is 70.0 Å². The normalized spacial score (nSPS) is 41.9. The van der Waals surface area contributed by atoms with E-state index in [1.165, 1.54) is 0 Å². The summed E-state index contributed by atoms with van der Waals surface area (Å²) in [6.45, 7) is 13.8. The van der Waals surface area contributed by atoms with Crippen molar-refractivity contribution in [3.8, 4) is 0 Å². The van der Waals surface area contributed by atoms with E-state index >= 15 is 0 Å². The van der Waals surface area contributed by atoms with Crippen LogP contribution in [0.15, 0.2) is 23.3 Å². The molecule has 2 bridgehead atoms. The number of ether oxygens (including phenoxy) is 2. The number of Topliss-reactive ketones (excluding diaryl/α,β-unsaturated/α-hetero) is 1. The molecule has 0 heterocycles. The van der Waals surface area contributed by atoms with Gasteiger partial charge in [0.1, 0.15) is 11.7 Å². The average molecular weight is 519 g/mol. The summed E-state index contributed by atoms with van der Waals surface area (Å²) in [5.41, 5.74) is -5.67. The minimum Gasteiger partial charge on any atom is -0.458 e. The molecule has 0 aromatic heterocycles. The Balaban J connectivity index is 1.91. The highest BCUT2D eigenvalue weighted by molar-refractivity contribution is 5.96. The van der Waals surface area contributed by atoms with Gasteiger partial charge in [0, 0.05) is 23.7 Å². The van der Waals surface area contributed by atoms with Gasteiger partial charge in [0.05, 0.1) is 17.4 Å². The Morgan fingerprint density at radius 3 is 2.38 bits per heavy atom. The molecule has 0 aromatic carbocycles. The third kappa shape index (κ3) is 3.47. The van der Waals surface area contributed by atoms with Crippen molar-refractivity contribution < 1.29 is 39.2 Å². The minimum absolute atomic E-state index is 0.0909. The smallest absolute Gasteiger partial charge is 0.311 e. The van der Waals surface area contributed by atoms with E-state index in [2.05, 4.69) is 0 Å². The van der Waals surface area contributed by atoms with E-state index in [9.17, 15) is 29.7 Å². The first-order valence-corrected chi connectivity index (χ1v) is 13.4. The third-order valence-corrected chi connectivity index (χ3v) is 9.61. The van der Waals surface area contributed by atoms with Crippen molar-refractivity contribution in [3.63, 3.8) is 0 Å². The van der Waals surface area contributed by atoms with E-state index in [0.29, 0.717) is 18.4 Å². The molecule has 8 atom stereocenters. The monoisotopic (exact) mass is 518 g/mol. The first kappa shape index (κ1) is 28.0.